The molecule has 0 aliphatic rings. The van der Waals surface area contributed by atoms with Crippen LogP contribution in [-0.4, -0.2) is 6.03 Å². The molecule has 3 aromatic rings. The molecule has 0 bridgehead atoms. The Balaban J connectivity index is 1.47. The quantitative estimate of drug-likeness (QED) is 0.659. The summed E-state index contributed by atoms with van der Waals surface area (Å²) in [5, 5.41) is 7.71. The highest BCUT2D eigenvalue weighted by atomic mass is 32.1. The highest BCUT2D eigenvalue weighted by Crippen LogP contribution is 2.18. The first-order chi connectivity index (χ1) is 12.2. The molecular weight excluding hydrogens is 332 g/mol. The Bertz CT molecular complexity index is 813. The van der Waals surface area contributed by atoms with Gasteiger partial charge in [0.1, 0.15) is 12.4 Å². The van der Waals surface area contributed by atoms with Gasteiger partial charge in [0.15, 0.2) is 0 Å². The fourth-order valence-electron chi connectivity index (χ4n) is 2.30. The van der Waals surface area contributed by atoms with Gasteiger partial charge < -0.3 is 15.4 Å². The number of hydrogen-bond donors (Lipinski definition) is 2. The van der Waals surface area contributed by atoms with Crippen LogP contribution in [0.3, 0.4) is 0 Å². The largest absolute Gasteiger partial charge is 0.489 e. The summed E-state index contributed by atoms with van der Waals surface area (Å²) in [7, 11) is 0. The number of hydrogen-bond acceptors (Lipinski definition) is 3. The lowest BCUT2D eigenvalue weighted by atomic mass is 10.2. The van der Waals surface area contributed by atoms with Crippen molar-refractivity contribution in [3.05, 3.63) is 82.0 Å². The monoisotopic (exact) mass is 352 g/mol. The summed E-state index contributed by atoms with van der Waals surface area (Å²) < 4.78 is 5.73. The van der Waals surface area contributed by atoms with Crippen LogP contribution in [-0.2, 0) is 13.2 Å². The summed E-state index contributed by atoms with van der Waals surface area (Å²) >= 11 is 1.64. The summed E-state index contributed by atoms with van der Waals surface area (Å²) in [6.07, 6.45) is 0. The average Bonchev–Trinajstić information content (AvgIpc) is 3.05. The van der Waals surface area contributed by atoms with Crippen LogP contribution in [0.25, 0.3) is 0 Å². The van der Waals surface area contributed by atoms with E-state index >= 15 is 0 Å². The Kier molecular flexibility index (Phi) is 5.69. The summed E-state index contributed by atoms with van der Waals surface area (Å²) in [5.41, 5.74) is 3.05. The van der Waals surface area contributed by atoms with Crippen molar-refractivity contribution in [2.45, 2.75) is 20.1 Å². The molecule has 0 saturated carbocycles. The van der Waals surface area contributed by atoms with E-state index < -0.39 is 0 Å². The molecule has 0 unspecified atom stereocenters. The molecule has 0 spiro atoms. The van der Waals surface area contributed by atoms with Crippen LogP contribution in [0, 0.1) is 6.92 Å². The van der Waals surface area contributed by atoms with Gasteiger partial charge in [-0.05, 0) is 53.8 Å². The van der Waals surface area contributed by atoms with Gasteiger partial charge in [0.2, 0.25) is 0 Å². The maximum absolute atomic E-state index is 12.0. The number of nitrogens with one attached hydrogen (secondary N) is 2. The number of benzene rings is 2. The summed E-state index contributed by atoms with van der Waals surface area (Å²) in [6, 6.07) is 19.2. The van der Waals surface area contributed by atoms with E-state index in [0.717, 1.165) is 17.0 Å². The molecule has 5 heteroatoms. The highest BCUT2D eigenvalue weighted by Gasteiger charge is 2.05. The third-order valence-electron chi connectivity index (χ3n) is 3.74. The van der Waals surface area contributed by atoms with Crippen molar-refractivity contribution >= 4 is 23.1 Å². The second-order valence-corrected chi connectivity index (χ2v) is 6.63. The van der Waals surface area contributed by atoms with Gasteiger partial charge in [-0.2, -0.15) is 0 Å². The lowest BCUT2D eigenvalue weighted by molar-refractivity contribution is 0.252. The van der Waals surface area contributed by atoms with Crippen LogP contribution in [0.5, 0.6) is 5.75 Å². The number of amides is 2. The van der Waals surface area contributed by atoms with E-state index in [0.29, 0.717) is 13.2 Å². The zero-order chi connectivity index (χ0) is 17.5. The lowest BCUT2D eigenvalue weighted by Crippen LogP contribution is -2.28. The topological polar surface area (TPSA) is 50.4 Å². The van der Waals surface area contributed by atoms with Gasteiger partial charge in [-0.15, -0.1) is 11.3 Å². The Morgan fingerprint density at radius 3 is 2.48 bits per heavy atom. The number of carbonyl (C=O) groups is 1. The molecule has 0 aliphatic heterocycles. The van der Waals surface area contributed by atoms with Crippen molar-refractivity contribution in [2.24, 2.45) is 0 Å². The van der Waals surface area contributed by atoms with Crippen molar-refractivity contribution in [3.8, 4) is 5.75 Å². The van der Waals surface area contributed by atoms with E-state index in [1.807, 2.05) is 73.0 Å². The molecule has 2 amide bonds. The molecule has 128 valence electrons. The maximum Gasteiger partial charge on any atom is 0.319 e. The molecule has 0 aliphatic carbocycles. The third-order valence-corrected chi connectivity index (χ3v) is 4.76. The first-order valence-corrected chi connectivity index (χ1v) is 8.93. The van der Waals surface area contributed by atoms with Gasteiger partial charge in [-0.3, -0.25) is 0 Å². The maximum atomic E-state index is 12.0. The predicted octanol–water partition coefficient (Wildman–Crippen LogP) is 4.96. The number of rotatable bonds is 6. The van der Waals surface area contributed by atoms with Gasteiger partial charge in [0, 0.05) is 10.6 Å². The minimum absolute atomic E-state index is 0.217. The van der Waals surface area contributed by atoms with Crippen LogP contribution in [0.4, 0.5) is 10.5 Å². The van der Waals surface area contributed by atoms with Crippen molar-refractivity contribution < 1.29 is 9.53 Å². The van der Waals surface area contributed by atoms with E-state index in [1.54, 1.807) is 11.3 Å². The molecular formula is C20H20N2O2S. The molecule has 4 nitrogen and oxygen atoms in total. The molecule has 0 saturated heterocycles. The van der Waals surface area contributed by atoms with Gasteiger partial charge in [-0.25, -0.2) is 4.79 Å². The zero-order valence-electron chi connectivity index (χ0n) is 14.0. The highest BCUT2D eigenvalue weighted by molar-refractivity contribution is 7.10. The van der Waals surface area contributed by atoms with E-state index in [1.165, 1.54) is 10.4 Å². The summed E-state index contributed by atoms with van der Waals surface area (Å²) in [5.74, 6) is 0.768. The number of thiophene rings is 1. The molecule has 0 fully saturated rings. The number of aryl methyl sites for hydroxylation is 1. The smallest absolute Gasteiger partial charge is 0.319 e. The summed E-state index contributed by atoms with van der Waals surface area (Å²) in [4.78, 5) is 13.1. The number of carbonyl (C=O) groups excluding carboxylic acids is 1. The zero-order valence-corrected chi connectivity index (χ0v) is 14.8. The standard InChI is InChI=1S/C20H20N2O2S/c1-15-11-12-25-19(15)13-21-20(23)22-17-7-9-18(10-8-17)24-14-16-5-3-2-4-6-16/h2-12H,13-14H2,1H3,(H2,21,22,23). The van der Waals surface area contributed by atoms with Gasteiger partial charge >= 0.3 is 6.03 Å². The Morgan fingerprint density at radius 2 is 1.80 bits per heavy atom. The van der Waals surface area contributed by atoms with Crippen LogP contribution in [0.2, 0.25) is 0 Å². The van der Waals surface area contributed by atoms with Crippen LogP contribution < -0.4 is 15.4 Å². The van der Waals surface area contributed by atoms with Crippen LogP contribution in [0.1, 0.15) is 16.0 Å². The van der Waals surface area contributed by atoms with Crippen LogP contribution in [0.15, 0.2) is 66.0 Å². The predicted molar refractivity (Wildman–Crippen MR) is 102 cm³/mol. The first-order valence-electron chi connectivity index (χ1n) is 8.05. The number of ether oxygens (including phenoxy) is 1. The fourth-order valence-corrected chi connectivity index (χ4v) is 3.14. The van der Waals surface area contributed by atoms with E-state index in [2.05, 4.69) is 10.6 Å². The average molecular weight is 352 g/mol. The molecule has 1 aromatic heterocycles. The van der Waals surface area contributed by atoms with Crippen molar-refractivity contribution in [1.29, 1.82) is 0 Å². The second kappa shape index (κ2) is 8.35. The summed E-state index contributed by atoms with van der Waals surface area (Å²) in [6.45, 7) is 3.10. The fraction of sp³-hybridized carbons (Fsp3) is 0.150. The van der Waals surface area contributed by atoms with E-state index in [4.69, 9.17) is 4.74 Å². The minimum Gasteiger partial charge on any atom is -0.489 e. The number of anilines is 1. The molecule has 25 heavy (non-hydrogen) atoms. The lowest BCUT2D eigenvalue weighted by Gasteiger charge is -2.09. The normalized spacial score (nSPS) is 10.3. The van der Waals surface area contributed by atoms with Gasteiger partial charge in [-0.1, -0.05) is 30.3 Å². The Hall–Kier alpha value is -2.79. The third kappa shape index (κ3) is 5.09. The van der Waals surface area contributed by atoms with Crippen LogP contribution >= 0.6 is 11.3 Å². The first kappa shape index (κ1) is 17.0. The Morgan fingerprint density at radius 1 is 1.04 bits per heavy atom. The number of urea groups is 1. The van der Waals surface area contributed by atoms with E-state index in [9.17, 15) is 4.79 Å². The Labute approximate surface area is 151 Å². The second-order valence-electron chi connectivity index (χ2n) is 5.63. The molecule has 3 rings (SSSR count). The molecule has 0 radical (unpaired) electrons. The molecule has 1 heterocycles. The van der Waals surface area contributed by atoms with E-state index in [-0.39, 0.29) is 6.03 Å². The van der Waals surface area contributed by atoms with Crippen molar-refractivity contribution in [2.75, 3.05) is 5.32 Å². The molecule has 2 N–H and O–H groups in total. The van der Waals surface area contributed by atoms with Crippen molar-refractivity contribution in [1.82, 2.24) is 5.32 Å². The molecule has 2 aromatic carbocycles. The van der Waals surface area contributed by atoms with Crippen molar-refractivity contribution in [3.63, 3.8) is 0 Å². The van der Waals surface area contributed by atoms with Gasteiger partial charge in [0.25, 0.3) is 0 Å². The minimum atomic E-state index is -0.217. The SMILES string of the molecule is Cc1ccsc1CNC(=O)Nc1ccc(OCc2ccccc2)cc1. The molecule has 0 atom stereocenters. The van der Waals surface area contributed by atoms with Gasteiger partial charge in [0.05, 0.1) is 6.54 Å².